The fourth-order valence-electron chi connectivity index (χ4n) is 2.15. The second-order valence-corrected chi connectivity index (χ2v) is 8.14. The molecule has 0 fully saturated rings. The van der Waals surface area contributed by atoms with Gasteiger partial charge in [0.15, 0.2) is 0 Å². The van der Waals surface area contributed by atoms with E-state index in [0.29, 0.717) is 6.04 Å². The Hall–Kier alpha value is -0.290. The molecule has 1 heterocycles. The fraction of sp³-hybridized carbons (Fsp3) is 0.412. The topological polar surface area (TPSA) is 12.0 Å². The number of halogens is 1. The summed E-state index contributed by atoms with van der Waals surface area (Å²) in [5, 5.41) is 5.85. The first kappa shape index (κ1) is 17.1. The maximum Gasteiger partial charge on any atom is 0.0285 e. The molecule has 0 spiro atoms. The van der Waals surface area contributed by atoms with Gasteiger partial charge in [0.05, 0.1) is 0 Å². The van der Waals surface area contributed by atoms with Gasteiger partial charge >= 0.3 is 0 Å². The van der Waals surface area contributed by atoms with Gasteiger partial charge in [-0.05, 0) is 59.9 Å². The van der Waals surface area contributed by atoms with Crippen molar-refractivity contribution in [1.29, 1.82) is 0 Å². The van der Waals surface area contributed by atoms with Crippen LogP contribution in [-0.2, 0) is 6.42 Å². The minimum absolute atomic E-state index is 0.528. The van der Waals surface area contributed by atoms with Crippen molar-refractivity contribution in [2.45, 2.75) is 37.6 Å². The number of hydrogen-bond donors (Lipinski definition) is 1. The van der Waals surface area contributed by atoms with Gasteiger partial charge in [0.2, 0.25) is 0 Å². The minimum atomic E-state index is 0.528. The highest BCUT2D eigenvalue weighted by atomic mass is 79.9. The van der Waals surface area contributed by atoms with E-state index in [1.807, 2.05) is 23.1 Å². The molecule has 2 aromatic rings. The van der Waals surface area contributed by atoms with E-state index in [2.05, 4.69) is 70.8 Å². The Morgan fingerprint density at radius 2 is 2.14 bits per heavy atom. The van der Waals surface area contributed by atoms with Gasteiger partial charge in [0.1, 0.15) is 0 Å². The molecule has 21 heavy (non-hydrogen) atoms. The van der Waals surface area contributed by atoms with Gasteiger partial charge in [-0.25, -0.2) is 0 Å². The third kappa shape index (κ3) is 5.78. The van der Waals surface area contributed by atoms with Crippen LogP contribution in [0.25, 0.3) is 0 Å². The van der Waals surface area contributed by atoms with Gasteiger partial charge < -0.3 is 5.32 Å². The molecular weight excluding hydrogens is 362 g/mol. The molecule has 1 nitrogen and oxygen atoms in total. The smallest absolute Gasteiger partial charge is 0.0285 e. The van der Waals surface area contributed by atoms with E-state index >= 15 is 0 Å². The predicted molar refractivity (Wildman–Crippen MR) is 99.7 cm³/mol. The second-order valence-electron chi connectivity index (χ2n) is 5.16. The van der Waals surface area contributed by atoms with Crippen molar-refractivity contribution < 1.29 is 0 Å². The Morgan fingerprint density at radius 1 is 1.33 bits per heavy atom. The monoisotopic (exact) mass is 383 g/mol. The first-order valence-electron chi connectivity index (χ1n) is 7.33. The lowest BCUT2D eigenvalue weighted by Crippen LogP contribution is -2.33. The Labute approximate surface area is 144 Å². The predicted octanol–water partition coefficient (Wildman–Crippen LogP) is 5.52. The lowest BCUT2D eigenvalue weighted by atomic mass is 10.2. The van der Waals surface area contributed by atoms with Crippen LogP contribution in [0, 0.1) is 6.92 Å². The van der Waals surface area contributed by atoms with Gasteiger partial charge in [0.25, 0.3) is 0 Å². The van der Waals surface area contributed by atoms with Crippen LogP contribution in [-0.4, -0.2) is 18.3 Å². The molecule has 114 valence electrons. The highest BCUT2D eigenvalue weighted by Crippen LogP contribution is 2.25. The van der Waals surface area contributed by atoms with E-state index in [1.54, 1.807) is 0 Å². The van der Waals surface area contributed by atoms with E-state index in [9.17, 15) is 0 Å². The summed E-state index contributed by atoms with van der Waals surface area (Å²) < 4.78 is 1.20. The van der Waals surface area contributed by atoms with Crippen molar-refractivity contribution in [2.24, 2.45) is 0 Å². The zero-order valence-corrected chi connectivity index (χ0v) is 15.8. The summed E-state index contributed by atoms with van der Waals surface area (Å²) in [6, 6.07) is 11.4. The first-order chi connectivity index (χ1) is 10.2. The van der Waals surface area contributed by atoms with Crippen LogP contribution in [0.2, 0.25) is 0 Å². The summed E-state index contributed by atoms with van der Waals surface area (Å²) in [5.41, 5.74) is 1.37. The van der Waals surface area contributed by atoms with E-state index in [-0.39, 0.29) is 0 Å². The molecule has 0 amide bonds. The average Bonchev–Trinajstić information content (AvgIpc) is 2.88. The van der Waals surface area contributed by atoms with Crippen molar-refractivity contribution in [2.75, 3.05) is 12.3 Å². The zero-order chi connectivity index (χ0) is 15.1. The fourth-order valence-corrected chi connectivity index (χ4v) is 4.77. The molecule has 0 radical (unpaired) electrons. The molecule has 1 aromatic carbocycles. The number of aryl methyl sites for hydroxylation is 1. The Balaban J connectivity index is 1.94. The number of benzene rings is 1. The molecule has 0 aliphatic heterocycles. The van der Waals surface area contributed by atoms with Crippen LogP contribution in [0.1, 0.15) is 23.8 Å². The van der Waals surface area contributed by atoms with Crippen LogP contribution in [0.15, 0.2) is 45.1 Å². The van der Waals surface area contributed by atoms with Gasteiger partial charge in [-0.2, -0.15) is 0 Å². The third-order valence-electron chi connectivity index (χ3n) is 3.29. The van der Waals surface area contributed by atoms with Crippen LogP contribution in [0.5, 0.6) is 0 Å². The minimum Gasteiger partial charge on any atom is -0.313 e. The van der Waals surface area contributed by atoms with E-state index in [4.69, 9.17) is 0 Å². The van der Waals surface area contributed by atoms with Crippen LogP contribution < -0.4 is 5.32 Å². The van der Waals surface area contributed by atoms with Crippen LogP contribution in [0.3, 0.4) is 0 Å². The molecule has 1 N–H and O–H groups in total. The summed E-state index contributed by atoms with van der Waals surface area (Å²) >= 11 is 7.35. The van der Waals surface area contributed by atoms with Gasteiger partial charge in [-0.1, -0.05) is 25.1 Å². The highest BCUT2D eigenvalue weighted by molar-refractivity contribution is 9.10. The molecular formula is C17H22BrNS2. The molecule has 0 aliphatic carbocycles. The SMILES string of the molecule is CCCNC(CSc1ccccc1C)Cc1cc(Br)cs1. The number of thioether (sulfide) groups is 1. The number of thiophene rings is 1. The van der Waals surface area contributed by atoms with Gasteiger partial charge in [-0.15, -0.1) is 23.1 Å². The lowest BCUT2D eigenvalue weighted by Gasteiger charge is -2.18. The molecule has 1 unspecified atom stereocenters. The summed E-state index contributed by atoms with van der Waals surface area (Å²) in [6.07, 6.45) is 2.29. The number of nitrogens with one attached hydrogen (secondary N) is 1. The molecule has 1 atom stereocenters. The summed E-state index contributed by atoms with van der Waals surface area (Å²) in [7, 11) is 0. The van der Waals surface area contributed by atoms with E-state index < -0.39 is 0 Å². The Kier molecular flexibility index (Phi) is 7.30. The molecule has 2 rings (SSSR count). The summed E-state index contributed by atoms with van der Waals surface area (Å²) in [5.74, 6) is 1.11. The summed E-state index contributed by atoms with van der Waals surface area (Å²) in [6.45, 7) is 5.50. The van der Waals surface area contributed by atoms with Crippen molar-refractivity contribution in [1.82, 2.24) is 5.32 Å². The Morgan fingerprint density at radius 3 is 2.81 bits per heavy atom. The first-order valence-corrected chi connectivity index (χ1v) is 9.99. The standard InChI is InChI=1S/C17H22BrNS2/c1-3-8-19-15(10-16-9-14(18)11-20-16)12-21-17-7-5-4-6-13(17)2/h4-7,9,11,15,19H,3,8,10,12H2,1-2H3. The van der Waals surface area contributed by atoms with Crippen LogP contribution in [0.4, 0.5) is 0 Å². The van der Waals surface area contributed by atoms with Crippen molar-refractivity contribution in [3.8, 4) is 0 Å². The largest absolute Gasteiger partial charge is 0.313 e. The van der Waals surface area contributed by atoms with E-state index in [1.165, 1.54) is 26.2 Å². The average molecular weight is 384 g/mol. The lowest BCUT2D eigenvalue weighted by molar-refractivity contribution is 0.553. The molecule has 0 saturated heterocycles. The molecule has 0 saturated carbocycles. The summed E-state index contributed by atoms with van der Waals surface area (Å²) in [4.78, 5) is 2.84. The highest BCUT2D eigenvalue weighted by Gasteiger charge is 2.11. The second kappa shape index (κ2) is 8.99. The van der Waals surface area contributed by atoms with Crippen molar-refractivity contribution in [3.63, 3.8) is 0 Å². The molecule has 0 aliphatic rings. The number of hydrogen-bond acceptors (Lipinski definition) is 3. The van der Waals surface area contributed by atoms with E-state index in [0.717, 1.165) is 18.7 Å². The third-order valence-corrected chi connectivity index (χ3v) is 6.34. The van der Waals surface area contributed by atoms with Crippen LogP contribution >= 0.6 is 39.0 Å². The number of rotatable bonds is 8. The normalized spacial score (nSPS) is 12.5. The zero-order valence-electron chi connectivity index (χ0n) is 12.6. The molecule has 0 bridgehead atoms. The maximum absolute atomic E-state index is 3.69. The van der Waals surface area contributed by atoms with Gasteiger partial charge in [0, 0.05) is 31.4 Å². The molecule has 4 heteroatoms. The van der Waals surface area contributed by atoms with Crippen molar-refractivity contribution in [3.05, 3.63) is 50.6 Å². The van der Waals surface area contributed by atoms with Crippen molar-refractivity contribution >= 4 is 39.0 Å². The maximum atomic E-state index is 3.69. The molecule has 1 aromatic heterocycles. The quantitative estimate of drug-likeness (QED) is 0.602. The Bertz CT molecular complexity index is 553. The van der Waals surface area contributed by atoms with Gasteiger partial charge in [-0.3, -0.25) is 0 Å².